The van der Waals surface area contributed by atoms with Crippen LogP contribution >= 0.6 is 0 Å². The fourth-order valence-corrected chi connectivity index (χ4v) is 3.27. The van der Waals surface area contributed by atoms with Gasteiger partial charge >= 0.3 is 0 Å². The average molecular weight is 375 g/mol. The highest BCUT2D eigenvalue weighted by molar-refractivity contribution is 5.29. The normalized spacial score (nSPS) is 11.0. The minimum absolute atomic E-state index is 0.0107. The van der Waals surface area contributed by atoms with Crippen molar-refractivity contribution in [1.29, 1.82) is 0 Å². The Morgan fingerprint density at radius 3 is 1.61 bits per heavy atom. The minimum atomic E-state index is 0.0107. The van der Waals surface area contributed by atoms with E-state index in [-0.39, 0.29) is 6.10 Å². The van der Waals surface area contributed by atoms with E-state index in [4.69, 9.17) is 9.47 Å². The Kier molecular flexibility index (Phi) is 8.79. The van der Waals surface area contributed by atoms with Crippen LogP contribution in [-0.2, 0) is 16.1 Å². The summed E-state index contributed by atoms with van der Waals surface area (Å²) in [4.78, 5) is 0. The van der Waals surface area contributed by atoms with E-state index >= 15 is 0 Å². The largest absolute Gasteiger partial charge is 0.377 e. The van der Waals surface area contributed by atoms with Crippen molar-refractivity contribution < 1.29 is 9.47 Å². The molecule has 0 aliphatic rings. The third-order valence-corrected chi connectivity index (χ3v) is 4.78. The summed E-state index contributed by atoms with van der Waals surface area (Å²) < 4.78 is 12.0. The van der Waals surface area contributed by atoms with Gasteiger partial charge in [-0.1, -0.05) is 104 Å². The number of hydrogen-bond acceptors (Lipinski definition) is 2. The lowest BCUT2D eigenvalue weighted by molar-refractivity contribution is 0.0756. The first-order valence-corrected chi connectivity index (χ1v) is 10.3. The summed E-state index contributed by atoms with van der Waals surface area (Å²) in [6.45, 7) is 2.31. The summed E-state index contributed by atoms with van der Waals surface area (Å²) in [7, 11) is 0. The summed E-state index contributed by atoms with van der Waals surface area (Å²) in [5.41, 5.74) is 3.66. The monoisotopic (exact) mass is 374 g/mol. The maximum absolute atomic E-state index is 6.27. The van der Waals surface area contributed by atoms with Crippen LogP contribution in [-0.4, -0.2) is 13.2 Å². The second-order valence-corrected chi connectivity index (χ2v) is 7.02. The predicted molar refractivity (Wildman–Crippen MR) is 115 cm³/mol. The molecule has 0 unspecified atom stereocenters. The smallest absolute Gasteiger partial charge is 0.108 e. The summed E-state index contributed by atoms with van der Waals surface area (Å²) >= 11 is 0. The molecule has 0 aliphatic heterocycles. The van der Waals surface area contributed by atoms with Gasteiger partial charge < -0.3 is 9.47 Å². The van der Waals surface area contributed by atoms with Gasteiger partial charge in [0.05, 0.1) is 6.61 Å². The Balaban J connectivity index is 1.32. The fraction of sp³-hybridized carbons (Fsp3) is 0.308. The van der Waals surface area contributed by atoms with Crippen molar-refractivity contribution in [2.24, 2.45) is 0 Å². The van der Waals surface area contributed by atoms with E-state index < -0.39 is 0 Å². The second kappa shape index (κ2) is 12.1. The van der Waals surface area contributed by atoms with Crippen LogP contribution in [0.4, 0.5) is 0 Å². The number of ether oxygens (including phenoxy) is 2. The van der Waals surface area contributed by atoms with Crippen LogP contribution in [0.2, 0.25) is 0 Å². The molecule has 0 radical (unpaired) electrons. The van der Waals surface area contributed by atoms with Crippen LogP contribution in [0.5, 0.6) is 0 Å². The van der Waals surface area contributed by atoms with Crippen molar-refractivity contribution in [3.05, 3.63) is 108 Å². The van der Waals surface area contributed by atoms with Crippen LogP contribution in [0.3, 0.4) is 0 Å². The van der Waals surface area contributed by atoms with E-state index in [0.717, 1.165) is 26.1 Å². The maximum Gasteiger partial charge on any atom is 0.108 e. The molecule has 0 spiro atoms. The highest BCUT2D eigenvalue weighted by Gasteiger charge is 2.13. The highest BCUT2D eigenvalue weighted by atomic mass is 16.5. The van der Waals surface area contributed by atoms with E-state index in [2.05, 4.69) is 72.8 Å². The maximum atomic E-state index is 6.27. The summed E-state index contributed by atoms with van der Waals surface area (Å²) in [6, 6.07) is 31.3. The van der Waals surface area contributed by atoms with Crippen molar-refractivity contribution >= 4 is 0 Å². The van der Waals surface area contributed by atoms with Gasteiger partial charge in [-0.2, -0.15) is 0 Å². The van der Waals surface area contributed by atoms with Crippen molar-refractivity contribution in [2.45, 2.75) is 38.4 Å². The molecule has 3 aromatic rings. The lowest BCUT2D eigenvalue weighted by atomic mass is 10.0. The average Bonchev–Trinajstić information content (AvgIpc) is 2.77. The molecule has 0 saturated carbocycles. The van der Waals surface area contributed by atoms with Gasteiger partial charge in [0.2, 0.25) is 0 Å². The SMILES string of the molecule is c1ccc(COCCCCCCOC(c2ccccc2)c2ccccc2)cc1. The molecule has 0 fully saturated rings. The molecule has 3 rings (SSSR count). The number of unbranched alkanes of at least 4 members (excludes halogenated alkanes) is 3. The lowest BCUT2D eigenvalue weighted by Crippen LogP contribution is -2.07. The molecule has 28 heavy (non-hydrogen) atoms. The molecular formula is C26H30O2. The molecular weight excluding hydrogens is 344 g/mol. The highest BCUT2D eigenvalue weighted by Crippen LogP contribution is 2.26. The minimum Gasteiger partial charge on any atom is -0.377 e. The number of hydrogen-bond donors (Lipinski definition) is 0. The van der Waals surface area contributed by atoms with Crippen LogP contribution in [0.15, 0.2) is 91.0 Å². The quantitative estimate of drug-likeness (QED) is 0.334. The first-order chi connectivity index (χ1) is 13.9. The van der Waals surface area contributed by atoms with E-state index in [1.165, 1.54) is 29.5 Å². The van der Waals surface area contributed by atoms with E-state index in [1.807, 2.05) is 18.2 Å². The first-order valence-electron chi connectivity index (χ1n) is 10.3. The summed E-state index contributed by atoms with van der Waals surface area (Å²) in [6.07, 6.45) is 4.55. The van der Waals surface area contributed by atoms with Crippen LogP contribution < -0.4 is 0 Å². The third kappa shape index (κ3) is 6.95. The van der Waals surface area contributed by atoms with E-state index in [0.29, 0.717) is 6.61 Å². The zero-order chi connectivity index (χ0) is 19.3. The Morgan fingerprint density at radius 1 is 0.536 bits per heavy atom. The van der Waals surface area contributed by atoms with Crippen LogP contribution in [0.25, 0.3) is 0 Å². The number of rotatable bonds is 12. The molecule has 0 amide bonds. The topological polar surface area (TPSA) is 18.5 Å². The fourth-order valence-electron chi connectivity index (χ4n) is 3.27. The van der Waals surface area contributed by atoms with E-state index in [9.17, 15) is 0 Å². The van der Waals surface area contributed by atoms with Gasteiger partial charge in [-0.05, 0) is 29.5 Å². The Morgan fingerprint density at radius 2 is 1.04 bits per heavy atom. The van der Waals surface area contributed by atoms with Gasteiger partial charge in [0.1, 0.15) is 6.10 Å². The van der Waals surface area contributed by atoms with Crippen LogP contribution in [0.1, 0.15) is 48.5 Å². The number of benzene rings is 3. The molecule has 0 aromatic heterocycles. The molecule has 0 N–H and O–H groups in total. The lowest BCUT2D eigenvalue weighted by Gasteiger charge is -2.19. The standard InChI is InChI=1S/C26H30O2/c1(12-20-27-22-23-14-6-3-7-15-23)2-13-21-28-26(24-16-8-4-9-17-24)25-18-10-5-11-19-25/h3-11,14-19,26H,1-2,12-13,20-22H2. The van der Waals surface area contributed by atoms with Crippen molar-refractivity contribution in [3.63, 3.8) is 0 Å². The summed E-state index contributed by atoms with van der Waals surface area (Å²) in [5.74, 6) is 0. The van der Waals surface area contributed by atoms with Gasteiger partial charge in [-0.25, -0.2) is 0 Å². The van der Waals surface area contributed by atoms with Crippen molar-refractivity contribution in [3.8, 4) is 0 Å². The van der Waals surface area contributed by atoms with Gasteiger partial charge in [-0.15, -0.1) is 0 Å². The van der Waals surface area contributed by atoms with Crippen LogP contribution in [0, 0.1) is 0 Å². The predicted octanol–water partition coefficient (Wildman–Crippen LogP) is 6.57. The van der Waals surface area contributed by atoms with Crippen molar-refractivity contribution in [1.82, 2.24) is 0 Å². The molecule has 2 nitrogen and oxygen atoms in total. The van der Waals surface area contributed by atoms with Gasteiger partial charge in [-0.3, -0.25) is 0 Å². The summed E-state index contributed by atoms with van der Waals surface area (Å²) in [5, 5.41) is 0. The zero-order valence-corrected chi connectivity index (χ0v) is 16.5. The molecule has 0 aliphatic carbocycles. The van der Waals surface area contributed by atoms with Gasteiger partial charge in [0.15, 0.2) is 0 Å². The Bertz CT molecular complexity index is 717. The molecule has 0 bridgehead atoms. The molecule has 2 heteroatoms. The van der Waals surface area contributed by atoms with E-state index in [1.54, 1.807) is 0 Å². The molecule has 146 valence electrons. The second-order valence-electron chi connectivity index (χ2n) is 7.02. The van der Waals surface area contributed by atoms with Gasteiger partial charge in [0.25, 0.3) is 0 Å². The molecule has 0 heterocycles. The Labute approximate surface area is 169 Å². The zero-order valence-electron chi connectivity index (χ0n) is 16.5. The first kappa shape index (κ1) is 20.3. The Hall–Kier alpha value is -2.42. The van der Waals surface area contributed by atoms with Gasteiger partial charge in [0, 0.05) is 13.2 Å². The third-order valence-electron chi connectivity index (χ3n) is 4.78. The molecule has 0 saturated heterocycles. The molecule has 0 atom stereocenters. The molecule has 3 aromatic carbocycles. The van der Waals surface area contributed by atoms with Crippen molar-refractivity contribution in [2.75, 3.05) is 13.2 Å².